The van der Waals surface area contributed by atoms with E-state index in [1.54, 1.807) is 14.2 Å². The first-order chi connectivity index (χ1) is 15.3. The van der Waals surface area contributed by atoms with Gasteiger partial charge < -0.3 is 14.4 Å². The fourth-order valence-electron chi connectivity index (χ4n) is 3.49. The summed E-state index contributed by atoms with van der Waals surface area (Å²) >= 11 is 7.46. The maximum atomic E-state index is 13.3. The van der Waals surface area contributed by atoms with E-state index in [1.165, 1.54) is 21.7 Å². The molecule has 11 heteroatoms. The molecule has 0 bridgehead atoms. The number of aromatic nitrogens is 1. The summed E-state index contributed by atoms with van der Waals surface area (Å²) < 4.78 is 51.3. The Morgan fingerprint density at radius 3 is 2.47 bits per heavy atom. The molecular weight excluding hydrogens is 477 g/mol. The SMILES string of the molecule is COc1ccc(OC)c(-c2csc(N3CCN(S(=O)(=O)c4ccc(F)cc4Cl)CC3)n2)c1. The lowest BCUT2D eigenvalue weighted by molar-refractivity contribution is 0.384. The summed E-state index contributed by atoms with van der Waals surface area (Å²) in [4.78, 5) is 6.69. The molecule has 1 fully saturated rings. The molecule has 1 aliphatic rings. The Balaban J connectivity index is 1.50. The van der Waals surface area contributed by atoms with Crippen molar-refractivity contribution in [3.05, 3.63) is 52.6 Å². The van der Waals surface area contributed by atoms with Crippen molar-refractivity contribution in [2.75, 3.05) is 45.3 Å². The first-order valence-corrected chi connectivity index (χ1v) is 12.4. The van der Waals surface area contributed by atoms with E-state index in [2.05, 4.69) is 0 Å². The molecule has 0 amide bonds. The lowest BCUT2D eigenvalue weighted by Crippen LogP contribution is -2.48. The minimum Gasteiger partial charge on any atom is -0.497 e. The van der Waals surface area contributed by atoms with Gasteiger partial charge in [-0.2, -0.15) is 4.31 Å². The smallest absolute Gasteiger partial charge is 0.244 e. The summed E-state index contributed by atoms with van der Waals surface area (Å²) in [6, 6.07) is 8.83. The molecule has 3 aromatic rings. The lowest BCUT2D eigenvalue weighted by Gasteiger charge is -2.33. The van der Waals surface area contributed by atoms with Gasteiger partial charge >= 0.3 is 0 Å². The molecule has 0 atom stereocenters. The van der Waals surface area contributed by atoms with Crippen LogP contribution in [0.3, 0.4) is 0 Å². The third-order valence-electron chi connectivity index (χ3n) is 5.20. The number of hydrogen-bond acceptors (Lipinski definition) is 7. The minimum absolute atomic E-state index is 0.0873. The van der Waals surface area contributed by atoms with Gasteiger partial charge in [0.25, 0.3) is 0 Å². The highest BCUT2D eigenvalue weighted by atomic mass is 35.5. The molecule has 2 aromatic carbocycles. The topological polar surface area (TPSA) is 72.0 Å². The number of benzene rings is 2. The Morgan fingerprint density at radius 2 is 1.81 bits per heavy atom. The van der Waals surface area contributed by atoms with E-state index < -0.39 is 15.8 Å². The second-order valence-electron chi connectivity index (χ2n) is 7.05. The molecule has 32 heavy (non-hydrogen) atoms. The summed E-state index contributed by atoms with van der Waals surface area (Å²) in [5.74, 6) is 0.814. The van der Waals surface area contributed by atoms with Crippen LogP contribution in [-0.4, -0.2) is 58.1 Å². The quantitative estimate of drug-likeness (QED) is 0.510. The number of piperazine rings is 1. The molecule has 0 unspecified atom stereocenters. The van der Waals surface area contributed by atoms with Crippen molar-refractivity contribution in [2.24, 2.45) is 0 Å². The fraction of sp³-hybridized carbons (Fsp3) is 0.286. The maximum Gasteiger partial charge on any atom is 0.244 e. The number of rotatable bonds is 6. The van der Waals surface area contributed by atoms with E-state index in [-0.39, 0.29) is 23.0 Å². The highest BCUT2D eigenvalue weighted by Gasteiger charge is 2.31. The van der Waals surface area contributed by atoms with Gasteiger partial charge in [0.2, 0.25) is 10.0 Å². The van der Waals surface area contributed by atoms with Gasteiger partial charge in [-0.3, -0.25) is 0 Å². The molecule has 4 rings (SSSR count). The summed E-state index contributed by atoms with van der Waals surface area (Å²) in [7, 11) is -0.604. The summed E-state index contributed by atoms with van der Waals surface area (Å²) in [5, 5.41) is 2.61. The Morgan fingerprint density at radius 1 is 1.06 bits per heavy atom. The molecule has 1 aliphatic heterocycles. The van der Waals surface area contributed by atoms with Crippen molar-refractivity contribution in [1.82, 2.24) is 9.29 Å². The number of anilines is 1. The third-order valence-corrected chi connectivity index (χ3v) is 8.48. The van der Waals surface area contributed by atoms with Gasteiger partial charge in [0, 0.05) is 37.1 Å². The molecule has 2 heterocycles. The summed E-state index contributed by atoms with van der Waals surface area (Å²) in [5.41, 5.74) is 1.58. The molecule has 170 valence electrons. The second-order valence-corrected chi connectivity index (χ2v) is 10.2. The Hall–Kier alpha value is -2.40. The number of methoxy groups -OCH3 is 2. The molecule has 0 saturated carbocycles. The van der Waals surface area contributed by atoms with Crippen molar-refractivity contribution in [2.45, 2.75) is 4.90 Å². The molecule has 1 aromatic heterocycles. The number of thiazole rings is 1. The molecule has 0 N–H and O–H groups in total. The Labute approximate surface area is 195 Å². The lowest BCUT2D eigenvalue weighted by atomic mass is 10.1. The van der Waals surface area contributed by atoms with E-state index >= 15 is 0 Å². The zero-order valence-corrected chi connectivity index (χ0v) is 19.8. The van der Waals surface area contributed by atoms with Crippen LogP contribution in [0.2, 0.25) is 5.02 Å². The van der Waals surface area contributed by atoms with Crippen LogP contribution in [0.1, 0.15) is 0 Å². The van der Waals surface area contributed by atoms with E-state index in [9.17, 15) is 12.8 Å². The Bertz CT molecular complexity index is 1230. The predicted octanol–water partition coefficient (Wildman–Crippen LogP) is 4.13. The summed E-state index contributed by atoms with van der Waals surface area (Å²) in [6.07, 6.45) is 0. The van der Waals surface area contributed by atoms with Crippen LogP contribution in [0.5, 0.6) is 11.5 Å². The van der Waals surface area contributed by atoms with Crippen molar-refractivity contribution in [1.29, 1.82) is 0 Å². The highest BCUT2D eigenvalue weighted by molar-refractivity contribution is 7.89. The average Bonchev–Trinajstić information content (AvgIpc) is 3.28. The number of hydrogen-bond donors (Lipinski definition) is 0. The second kappa shape index (κ2) is 9.22. The maximum absolute atomic E-state index is 13.3. The number of nitrogens with zero attached hydrogens (tertiary/aromatic N) is 3. The van der Waals surface area contributed by atoms with Gasteiger partial charge in [-0.25, -0.2) is 17.8 Å². The third kappa shape index (κ3) is 4.40. The van der Waals surface area contributed by atoms with Gasteiger partial charge in [-0.15, -0.1) is 11.3 Å². The van der Waals surface area contributed by atoms with E-state index in [0.29, 0.717) is 24.6 Å². The van der Waals surface area contributed by atoms with Crippen molar-refractivity contribution >= 4 is 38.1 Å². The van der Waals surface area contributed by atoms with Gasteiger partial charge in [-0.1, -0.05) is 11.6 Å². The largest absolute Gasteiger partial charge is 0.497 e. The molecular formula is C21H21ClFN3O4S2. The van der Waals surface area contributed by atoms with Crippen molar-refractivity contribution in [3.8, 4) is 22.8 Å². The van der Waals surface area contributed by atoms with Crippen LogP contribution >= 0.6 is 22.9 Å². The monoisotopic (exact) mass is 497 g/mol. The highest BCUT2D eigenvalue weighted by Crippen LogP contribution is 2.36. The molecule has 0 radical (unpaired) electrons. The molecule has 0 aliphatic carbocycles. The zero-order chi connectivity index (χ0) is 22.9. The van der Waals surface area contributed by atoms with Gasteiger partial charge in [0.05, 0.1) is 24.9 Å². The van der Waals surface area contributed by atoms with Crippen LogP contribution < -0.4 is 14.4 Å². The number of ether oxygens (including phenoxy) is 2. The van der Waals surface area contributed by atoms with Crippen LogP contribution in [0, 0.1) is 5.82 Å². The van der Waals surface area contributed by atoms with Gasteiger partial charge in [0.15, 0.2) is 5.13 Å². The normalized spacial score (nSPS) is 15.1. The zero-order valence-electron chi connectivity index (χ0n) is 17.4. The van der Waals surface area contributed by atoms with Crippen molar-refractivity contribution < 1.29 is 22.3 Å². The number of halogens is 2. The van der Waals surface area contributed by atoms with Crippen LogP contribution in [0.15, 0.2) is 46.7 Å². The fourth-order valence-corrected chi connectivity index (χ4v) is 6.30. The molecule has 0 spiro atoms. The minimum atomic E-state index is -3.81. The molecule has 1 saturated heterocycles. The Kier molecular flexibility index (Phi) is 6.57. The van der Waals surface area contributed by atoms with E-state index in [4.69, 9.17) is 26.1 Å². The van der Waals surface area contributed by atoms with Gasteiger partial charge in [0.1, 0.15) is 22.2 Å². The first kappa shape index (κ1) is 22.8. The first-order valence-electron chi connectivity index (χ1n) is 9.71. The van der Waals surface area contributed by atoms with Crippen LogP contribution in [0.25, 0.3) is 11.3 Å². The van der Waals surface area contributed by atoms with Crippen LogP contribution in [0.4, 0.5) is 9.52 Å². The molecule has 7 nitrogen and oxygen atoms in total. The van der Waals surface area contributed by atoms with Crippen LogP contribution in [-0.2, 0) is 10.0 Å². The standard InChI is InChI=1S/C21H21ClFN3O4S2/c1-29-15-4-5-19(30-2)16(12-15)18-13-31-21(24-18)25-7-9-26(10-8-25)32(27,28)20-6-3-14(23)11-17(20)22/h3-6,11-13H,7-10H2,1-2H3. The predicted molar refractivity (Wildman–Crippen MR) is 123 cm³/mol. The summed E-state index contributed by atoms with van der Waals surface area (Å²) in [6.45, 7) is 1.49. The van der Waals surface area contributed by atoms with Gasteiger partial charge in [-0.05, 0) is 36.4 Å². The van der Waals surface area contributed by atoms with Crippen molar-refractivity contribution in [3.63, 3.8) is 0 Å². The average molecular weight is 498 g/mol. The van der Waals surface area contributed by atoms with E-state index in [1.807, 2.05) is 28.5 Å². The van der Waals surface area contributed by atoms with E-state index in [0.717, 1.165) is 28.5 Å². The number of sulfonamides is 1.